The fourth-order valence-corrected chi connectivity index (χ4v) is 4.98. The summed E-state index contributed by atoms with van der Waals surface area (Å²) in [7, 11) is -3.98. The molecule has 0 aliphatic heterocycles. The third kappa shape index (κ3) is 5.58. The van der Waals surface area contributed by atoms with E-state index in [-0.39, 0.29) is 15.6 Å². The zero-order valence-electron chi connectivity index (χ0n) is 16.1. The Hall–Kier alpha value is -2.38. The minimum atomic E-state index is -3.98. The van der Waals surface area contributed by atoms with Gasteiger partial charge < -0.3 is 0 Å². The van der Waals surface area contributed by atoms with Crippen molar-refractivity contribution in [2.24, 2.45) is 5.10 Å². The molecule has 8 heteroatoms. The highest BCUT2D eigenvalue weighted by Crippen LogP contribution is 2.30. The Kier molecular flexibility index (Phi) is 7.28. The maximum absolute atomic E-state index is 13.2. The quantitative estimate of drug-likeness (QED) is 0.543. The van der Waals surface area contributed by atoms with Gasteiger partial charge in [-0.15, -0.1) is 0 Å². The molecule has 0 bridgehead atoms. The van der Waals surface area contributed by atoms with E-state index in [4.69, 9.17) is 11.6 Å². The predicted octanol–water partition coefficient (Wildman–Crippen LogP) is 4.36. The summed E-state index contributed by atoms with van der Waals surface area (Å²) in [6, 6.07) is 14.5. The molecule has 0 spiro atoms. The number of sulfonamides is 1. The van der Waals surface area contributed by atoms with Gasteiger partial charge in [0.15, 0.2) is 0 Å². The smallest absolute Gasteiger partial charge is 0.264 e. The fraction of sp³-hybridized carbons (Fsp3) is 0.333. The molecular formula is C21H24ClN3O3S. The largest absolute Gasteiger partial charge is 0.271 e. The van der Waals surface area contributed by atoms with E-state index in [1.165, 1.54) is 25.0 Å². The van der Waals surface area contributed by atoms with E-state index in [2.05, 4.69) is 10.5 Å². The Balaban J connectivity index is 1.85. The van der Waals surface area contributed by atoms with Gasteiger partial charge in [0.2, 0.25) is 0 Å². The minimum Gasteiger partial charge on any atom is -0.271 e. The zero-order valence-corrected chi connectivity index (χ0v) is 17.6. The Morgan fingerprint density at radius 1 is 0.966 bits per heavy atom. The molecule has 1 amide bonds. The van der Waals surface area contributed by atoms with Gasteiger partial charge in [0.05, 0.1) is 15.6 Å². The number of hydrazone groups is 1. The van der Waals surface area contributed by atoms with Crippen molar-refractivity contribution in [3.05, 3.63) is 59.6 Å². The minimum absolute atomic E-state index is 0.0859. The number of benzene rings is 2. The number of para-hydroxylation sites is 1. The lowest BCUT2D eigenvalue weighted by Gasteiger charge is -2.24. The van der Waals surface area contributed by atoms with Crippen LogP contribution in [0.3, 0.4) is 0 Å². The summed E-state index contributed by atoms with van der Waals surface area (Å²) in [4.78, 5) is 12.7. The second kappa shape index (κ2) is 9.89. The molecule has 0 atom stereocenters. The maximum atomic E-state index is 13.2. The molecule has 1 saturated carbocycles. The average molecular weight is 434 g/mol. The van der Waals surface area contributed by atoms with E-state index in [0.29, 0.717) is 0 Å². The summed E-state index contributed by atoms with van der Waals surface area (Å²) in [6.07, 6.45) is 6.17. The molecule has 0 unspecified atom stereocenters. The van der Waals surface area contributed by atoms with Crippen LogP contribution < -0.4 is 9.73 Å². The van der Waals surface area contributed by atoms with Gasteiger partial charge in [0.1, 0.15) is 6.54 Å². The topological polar surface area (TPSA) is 78.8 Å². The molecule has 6 nitrogen and oxygen atoms in total. The van der Waals surface area contributed by atoms with Crippen molar-refractivity contribution >= 4 is 38.9 Å². The summed E-state index contributed by atoms with van der Waals surface area (Å²) in [5.74, 6) is -0.513. The van der Waals surface area contributed by atoms with Gasteiger partial charge in [-0.1, -0.05) is 54.8 Å². The fourth-order valence-electron chi connectivity index (χ4n) is 3.23. The van der Waals surface area contributed by atoms with Gasteiger partial charge in [-0.05, 0) is 49.9 Å². The number of carbonyl (C=O) groups is 1. The highest BCUT2D eigenvalue weighted by molar-refractivity contribution is 7.92. The molecule has 1 fully saturated rings. The third-order valence-corrected chi connectivity index (χ3v) is 6.85. The SMILES string of the molecule is O=C(CN(c1ccccc1Cl)S(=O)(=O)c1ccccc1)NN=C1CCCCCC1. The lowest BCUT2D eigenvalue weighted by Crippen LogP contribution is -2.40. The number of nitrogens with one attached hydrogen (secondary N) is 1. The molecule has 0 aromatic heterocycles. The number of hydrogen-bond donors (Lipinski definition) is 1. The van der Waals surface area contributed by atoms with Crippen LogP contribution >= 0.6 is 11.6 Å². The average Bonchev–Trinajstić information content (AvgIpc) is 3.00. The first-order valence-corrected chi connectivity index (χ1v) is 11.5. The van der Waals surface area contributed by atoms with Gasteiger partial charge in [-0.25, -0.2) is 13.8 Å². The molecule has 154 valence electrons. The lowest BCUT2D eigenvalue weighted by atomic mass is 10.2. The van der Waals surface area contributed by atoms with E-state index in [0.717, 1.165) is 35.7 Å². The molecule has 3 rings (SSSR count). The van der Waals surface area contributed by atoms with Crippen molar-refractivity contribution in [1.82, 2.24) is 5.43 Å². The second-order valence-corrected chi connectivity index (χ2v) is 9.17. The van der Waals surface area contributed by atoms with Crippen molar-refractivity contribution < 1.29 is 13.2 Å². The molecule has 1 aliphatic carbocycles. The molecule has 1 N–H and O–H groups in total. The van der Waals surface area contributed by atoms with E-state index in [1.807, 2.05) is 0 Å². The van der Waals surface area contributed by atoms with Gasteiger partial charge in [-0.2, -0.15) is 5.10 Å². The Morgan fingerprint density at radius 2 is 1.59 bits per heavy atom. The normalized spacial score (nSPS) is 14.7. The maximum Gasteiger partial charge on any atom is 0.264 e. The first-order valence-electron chi connectivity index (χ1n) is 9.65. The van der Waals surface area contributed by atoms with Crippen LogP contribution in [0.2, 0.25) is 5.02 Å². The summed E-state index contributed by atoms with van der Waals surface area (Å²) >= 11 is 6.25. The van der Waals surface area contributed by atoms with Crippen LogP contribution in [-0.4, -0.2) is 26.6 Å². The van der Waals surface area contributed by atoms with Gasteiger partial charge >= 0.3 is 0 Å². The van der Waals surface area contributed by atoms with Crippen molar-refractivity contribution in [2.75, 3.05) is 10.8 Å². The number of nitrogens with zero attached hydrogens (tertiary/aromatic N) is 2. The van der Waals surface area contributed by atoms with Crippen LogP contribution in [0.4, 0.5) is 5.69 Å². The number of halogens is 1. The number of carbonyl (C=O) groups excluding carboxylic acids is 1. The van der Waals surface area contributed by atoms with E-state index in [1.54, 1.807) is 42.5 Å². The second-order valence-electron chi connectivity index (χ2n) is 6.90. The predicted molar refractivity (Wildman–Crippen MR) is 116 cm³/mol. The first-order chi connectivity index (χ1) is 14.0. The van der Waals surface area contributed by atoms with Crippen molar-refractivity contribution in [2.45, 2.75) is 43.4 Å². The van der Waals surface area contributed by atoms with Crippen molar-refractivity contribution in [3.63, 3.8) is 0 Å². The molecule has 0 radical (unpaired) electrons. The summed E-state index contributed by atoms with van der Waals surface area (Å²) in [6.45, 7) is -0.419. The van der Waals surface area contributed by atoms with Crippen LogP contribution in [0, 0.1) is 0 Å². The van der Waals surface area contributed by atoms with Crippen molar-refractivity contribution in [1.29, 1.82) is 0 Å². The van der Waals surface area contributed by atoms with Gasteiger partial charge in [-0.3, -0.25) is 9.10 Å². The Labute approximate surface area is 176 Å². The van der Waals surface area contributed by atoms with Crippen LogP contribution in [0.5, 0.6) is 0 Å². The summed E-state index contributed by atoms with van der Waals surface area (Å²) in [5, 5.41) is 4.47. The van der Waals surface area contributed by atoms with Gasteiger partial charge in [0.25, 0.3) is 15.9 Å². The molecule has 29 heavy (non-hydrogen) atoms. The van der Waals surface area contributed by atoms with Crippen LogP contribution in [0.15, 0.2) is 64.6 Å². The van der Waals surface area contributed by atoms with Crippen LogP contribution in [-0.2, 0) is 14.8 Å². The number of rotatable bonds is 6. The van der Waals surface area contributed by atoms with E-state index >= 15 is 0 Å². The molecule has 1 aliphatic rings. The number of anilines is 1. The zero-order chi connectivity index (χ0) is 20.7. The Morgan fingerprint density at radius 3 is 2.24 bits per heavy atom. The molecular weight excluding hydrogens is 410 g/mol. The number of hydrogen-bond acceptors (Lipinski definition) is 4. The first kappa shape index (κ1) is 21.3. The van der Waals surface area contributed by atoms with E-state index in [9.17, 15) is 13.2 Å². The third-order valence-electron chi connectivity index (χ3n) is 4.76. The molecule has 2 aromatic rings. The molecule has 2 aromatic carbocycles. The Bertz CT molecular complexity index is 968. The standard InChI is InChI=1S/C21H24ClN3O3S/c22-19-14-8-9-15-20(19)25(29(27,28)18-12-6-3-7-13-18)16-21(26)24-23-17-10-4-1-2-5-11-17/h3,6-9,12-15H,1-2,4-5,10-11,16H2,(H,24,26). The highest BCUT2D eigenvalue weighted by atomic mass is 35.5. The molecule has 0 heterocycles. The van der Waals surface area contributed by atoms with Crippen LogP contribution in [0.1, 0.15) is 38.5 Å². The lowest BCUT2D eigenvalue weighted by molar-refractivity contribution is -0.119. The number of amides is 1. The van der Waals surface area contributed by atoms with Crippen molar-refractivity contribution in [3.8, 4) is 0 Å². The monoisotopic (exact) mass is 433 g/mol. The highest BCUT2D eigenvalue weighted by Gasteiger charge is 2.28. The molecule has 0 saturated heterocycles. The van der Waals surface area contributed by atoms with Crippen LogP contribution in [0.25, 0.3) is 0 Å². The van der Waals surface area contributed by atoms with Gasteiger partial charge in [0, 0.05) is 5.71 Å². The summed E-state index contributed by atoms with van der Waals surface area (Å²) in [5.41, 5.74) is 3.72. The van der Waals surface area contributed by atoms with E-state index < -0.39 is 22.5 Å². The summed E-state index contributed by atoms with van der Waals surface area (Å²) < 4.78 is 27.5.